The van der Waals surface area contributed by atoms with Gasteiger partial charge < -0.3 is 20.1 Å². The monoisotopic (exact) mass is 356 g/mol. The predicted octanol–water partition coefficient (Wildman–Crippen LogP) is 2.78. The number of ether oxygens (including phenoxy) is 2. The molecule has 0 fully saturated rings. The lowest BCUT2D eigenvalue weighted by Gasteiger charge is -2.15. The second-order valence-electron chi connectivity index (χ2n) is 5.10. The normalized spacial score (nSPS) is 10.2. The fourth-order valence-corrected chi connectivity index (χ4v) is 2.16. The Morgan fingerprint density at radius 1 is 1.08 bits per heavy atom. The minimum Gasteiger partial charge on any atom is -0.490 e. The summed E-state index contributed by atoms with van der Waals surface area (Å²) >= 11 is 6.22. The topological polar surface area (TPSA) is 76.7 Å². The van der Waals surface area contributed by atoms with Crippen molar-refractivity contribution in [2.24, 2.45) is 0 Å². The van der Waals surface area contributed by atoms with Gasteiger partial charge in [-0.15, -0.1) is 0 Å². The third-order valence-electron chi connectivity index (χ3n) is 3.00. The van der Waals surface area contributed by atoms with E-state index in [1.54, 1.807) is 6.07 Å². The molecule has 1 aromatic rings. The Hall–Kier alpha value is -1.95. The van der Waals surface area contributed by atoms with Crippen LogP contribution in [-0.2, 0) is 4.79 Å². The van der Waals surface area contributed by atoms with E-state index >= 15 is 0 Å². The molecule has 24 heavy (non-hydrogen) atoms. The summed E-state index contributed by atoms with van der Waals surface area (Å²) < 4.78 is 11.1. The molecule has 0 saturated heterocycles. The first-order chi connectivity index (χ1) is 11.5. The van der Waals surface area contributed by atoms with E-state index in [4.69, 9.17) is 21.1 Å². The van der Waals surface area contributed by atoms with Crippen molar-refractivity contribution < 1.29 is 19.1 Å². The van der Waals surface area contributed by atoms with E-state index < -0.39 is 5.91 Å². The molecule has 0 unspecified atom stereocenters. The highest BCUT2D eigenvalue weighted by atomic mass is 35.5. The van der Waals surface area contributed by atoms with Gasteiger partial charge in [-0.25, -0.2) is 0 Å². The first-order valence-corrected chi connectivity index (χ1v) is 8.55. The summed E-state index contributed by atoms with van der Waals surface area (Å²) in [5, 5.41) is 5.55. The average molecular weight is 357 g/mol. The van der Waals surface area contributed by atoms with Crippen LogP contribution in [0.3, 0.4) is 0 Å². The molecule has 0 aliphatic heterocycles. The second-order valence-corrected chi connectivity index (χ2v) is 5.51. The highest BCUT2D eigenvalue weighted by Crippen LogP contribution is 2.36. The maximum absolute atomic E-state index is 12.2. The van der Waals surface area contributed by atoms with E-state index in [0.29, 0.717) is 41.8 Å². The minimum absolute atomic E-state index is 0.0888. The van der Waals surface area contributed by atoms with E-state index in [0.717, 1.165) is 12.8 Å². The number of carbonyl (C=O) groups is 2. The average Bonchev–Trinajstić information content (AvgIpc) is 2.57. The molecule has 6 nitrogen and oxygen atoms in total. The molecule has 0 aliphatic rings. The molecule has 1 aromatic carbocycles. The predicted molar refractivity (Wildman–Crippen MR) is 94.0 cm³/mol. The van der Waals surface area contributed by atoms with Crippen LogP contribution in [0.4, 0.5) is 0 Å². The van der Waals surface area contributed by atoms with Crippen molar-refractivity contribution in [3.05, 3.63) is 22.7 Å². The van der Waals surface area contributed by atoms with E-state index in [2.05, 4.69) is 10.6 Å². The van der Waals surface area contributed by atoms with Gasteiger partial charge in [-0.1, -0.05) is 25.4 Å². The fraction of sp³-hybridized carbons (Fsp3) is 0.529. The van der Waals surface area contributed by atoms with Crippen LogP contribution in [0.15, 0.2) is 12.1 Å². The van der Waals surface area contributed by atoms with Gasteiger partial charge in [0.25, 0.3) is 5.91 Å². The summed E-state index contributed by atoms with van der Waals surface area (Å²) in [6.45, 7) is 7.19. The second kappa shape index (κ2) is 10.8. The molecular formula is C17H25ClN2O4. The Labute approximate surface area is 147 Å². The Balaban J connectivity index is 2.83. The largest absolute Gasteiger partial charge is 0.490 e. The van der Waals surface area contributed by atoms with Crippen LogP contribution < -0.4 is 20.1 Å². The van der Waals surface area contributed by atoms with Crippen molar-refractivity contribution in [3.63, 3.8) is 0 Å². The summed E-state index contributed by atoms with van der Waals surface area (Å²) in [6.07, 6.45) is 1.67. The van der Waals surface area contributed by atoms with Gasteiger partial charge in [0.2, 0.25) is 5.91 Å². The maximum atomic E-state index is 12.2. The van der Waals surface area contributed by atoms with Crippen LogP contribution in [0.25, 0.3) is 0 Å². The summed E-state index contributed by atoms with van der Waals surface area (Å²) in [4.78, 5) is 23.8. The van der Waals surface area contributed by atoms with Gasteiger partial charge in [-0.05, 0) is 31.9 Å². The van der Waals surface area contributed by atoms with Crippen molar-refractivity contribution >= 4 is 23.4 Å². The standard InChI is InChI=1S/C17H25ClN2O4/c1-4-7-19-15(21)11-20-17(22)12-9-13(18)16(24-8-5-2)14(10-12)23-6-3/h9-10H,4-8,11H2,1-3H3,(H,19,21)(H,20,22). The minimum atomic E-state index is -0.397. The van der Waals surface area contributed by atoms with Gasteiger partial charge >= 0.3 is 0 Å². The summed E-state index contributed by atoms with van der Waals surface area (Å²) in [5.41, 5.74) is 0.315. The SMILES string of the molecule is CCCNC(=O)CNC(=O)c1cc(Cl)c(OCCC)c(OCC)c1. The Morgan fingerprint density at radius 3 is 2.46 bits per heavy atom. The first kappa shape index (κ1) is 20.1. The van der Waals surface area contributed by atoms with Crippen molar-refractivity contribution in [1.82, 2.24) is 10.6 Å². The number of amides is 2. The number of nitrogens with one attached hydrogen (secondary N) is 2. The summed E-state index contributed by atoms with van der Waals surface area (Å²) in [7, 11) is 0. The van der Waals surface area contributed by atoms with Gasteiger partial charge in [-0.2, -0.15) is 0 Å². The molecular weight excluding hydrogens is 332 g/mol. The van der Waals surface area contributed by atoms with Crippen molar-refractivity contribution in [2.75, 3.05) is 26.3 Å². The van der Waals surface area contributed by atoms with Crippen LogP contribution in [0.1, 0.15) is 44.0 Å². The third-order valence-corrected chi connectivity index (χ3v) is 3.28. The Morgan fingerprint density at radius 2 is 1.83 bits per heavy atom. The molecule has 0 saturated carbocycles. The zero-order chi connectivity index (χ0) is 17.9. The van der Waals surface area contributed by atoms with Gasteiger partial charge in [0.05, 0.1) is 24.8 Å². The molecule has 0 bridgehead atoms. The Kier molecular flexibility index (Phi) is 9.01. The number of rotatable bonds is 10. The molecule has 2 amide bonds. The molecule has 1 rings (SSSR count). The van der Waals surface area contributed by atoms with Crippen molar-refractivity contribution in [1.29, 1.82) is 0 Å². The van der Waals surface area contributed by atoms with E-state index in [1.807, 2.05) is 20.8 Å². The van der Waals surface area contributed by atoms with Gasteiger partial charge in [-0.3, -0.25) is 9.59 Å². The quantitative estimate of drug-likeness (QED) is 0.675. The summed E-state index contributed by atoms with van der Waals surface area (Å²) in [6, 6.07) is 3.08. The number of hydrogen-bond acceptors (Lipinski definition) is 4. The lowest BCUT2D eigenvalue weighted by molar-refractivity contribution is -0.120. The molecule has 0 aliphatic carbocycles. The number of halogens is 1. The molecule has 0 spiro atoms. The number of benzene rings is 1. The lowest BCUT2D eigenvalue weighted by atomic mass is 10.2. The molecule has 2 N–H and O–H groups in total. The molecule has 0 aromatic heterocycles. The van der Waals surface area contributed by atoms with E-state index in [1.165, 1.54) is 6.07 Å². The van der Waals surface area contributed by atoms with Crippen LogP contribution in [0.5, 0.6) is 11.5 Å². The molecule has 0 radical (unpaired) electrons. The van der Waals surface area contributed by atoms with Gasteiger partial charge in [0.1, 0.15) is 0 Å². The number of carbonyl (C=O) groups excluding carboxylic acids is 2. The molecule has 0 heterocycles. The number of hydrogen-bond donors (Lipinski definition) is 2. The fourth-order valence-electron chi connectivity index (χ4n) is 1.90. The zero-order valence-electron chi connectivity index (χ0n) is 14.4. The van der Waals surface area contributed by atoms with E-state index in [-0.39, 0.29) is 12.5 Å². The smallest absolute Gasteiger partial charge is 0.251 e. The van der Waals surface area contributed by atoms with Crippen molar-refractivity contribution in [2.45, 2.75) is 33.6 Å². The zero-order valence-corrected chi connectivity index (χ0v) is 15.2. The third kappa shape index (κ3) is 6.28. The van der Waals surface area contributed by atoms with Crippen LogP contribution >= 0.6 is 11.6 Å². The van der Waals surface area contributed by atoms with E-state index in [9.17, 15) is 9.59 Å². The highest BCUT2D eigenvalue weighted by Gasteiger charge is 2.16. The van der Waals surface area contributed by atoms with Crippen LogP contribution in [-0.4, -0.2) is 38.1 Å². The highest BCUT2D eigenvalue weighted by molar-refractivity contribution is 6.32. The van der Waals surface area contributed by atoms with Gasteiger partial charge in [0, 0.05) is 12.1 Å². The lowest BCUT2D eigenvalue weighted by Crippen LogP contribution is -2.37. The van der Waals surface area contributed by atoms with Gasteiger partial charge in [0.15, 0.2) is 11.5 Å². The maximum Gasteiger partial charge on any atom is 0.251 e. The molecule has 7 heteroatoms. The molecule has 134 valence electrons. The Bertz CT molecular complexity index is 564. The van der Waals surface area contributed by atoms with Crippen molar-refractivity contribution in [3.8, 4) is 11.5 Å². The van der Waals surface area contributed by atoms with Crippen LogP contribution in [0, 0.1) is 0 Å². The van der Waals surface area contributed by atoms with Crippen LogP contribution in [0.2, 0.25) is 5.02 Å². The summed E-state index contributed by atoms with van der Waals surface area (Å²) in [5.74, 6) is 0.215. The molecule has 0 atom stereocenters. The first-order valence-electron chi connectivity index (χ1n) is 8.17.